The van der Waals surface area contributed by atoms with E-state index in [0.29, 0.717) is 12.4 Å². The number of nitro groups is 1. The molecule has 0 aliphatic carbocycles. The first-order valence-corrected chi connectivity index (χ1v) is 7.28. The van der Waals surface area contributed by atoms with Crippen LogP contribution in [0.3, 0.4) is 0 Å². The molecule has 0 bridgehead atoms. The molecule has 2 aromatic rings. The second kappa shape index (κ2) is 7.36. The summed E-state index contributed by atoms with van der Waals surface area (Å²) in [4.78, 5) is 18.5. The van der Waals surface area contributed by atoms with E-state index in [4.69, 9.17) is 4.74 Å². The summed E-state index contributed by atoms with van der Waals surface area (Å²) in [7, 11) is 3.12. The van der Waals surface area contributed by atoms with Crippen molar-refractivity contribution in [2.45, 2.75) is 19.8 Å². The van der Waals surface area contributed by atoms with Crippen molar-refractivity contribution in [1.82, 2.24) is 19.3 Å². The third-order valence-electron chi connectivity index (χ3n) is 3.36. The van der Waals surface area contributed by atoms with E-state index in [0.717, 1.165) is 19.0 Å². The Labute approximate surface area is 138 Å². The molecule has 0 aliphatic rings. The highest BCUT2D eigenvalue weighted by Gasteiger charge is 2.26. The first kappa shape index (κ1) is 17.1. The molecule has 0 amide bonds. The van der Waals surface area contributed by atoms with Gasteiger partial charge in [0.2, 0.25) is 0 Å². The Morgan fingerprint density at radius 3 is 2.88 bits per heavy atom. The van der Waals surface area contributed by atoms with Crippen LogP contribution in [-0.4, -0.2) is 37.3 Å². The van der Waals surface area contributed by atoms with E-state index in [9.17, 15) is 15.4 Å². The number of aliphatic imine (C=N–C) groups is 1. The Morgan fingerprint density at radius 2 is 2.29 bits per heavy atom. The number of hydrogen-bond acceptors (Lipinski definition) is 7. The highest BCUT2D eigenvalue weighted by Crippen LogP contribution is 2.30. The highest BCUT2D eigenvalue weighted by atomic mass is 16.6. The first-order chi connectivity index (χ1) is 11.5. The Bertz CT molecular complexity index is 813. The molecule has 2 heterocycles. The summed E-state index contributed by atoms with van der Waals surface area (Å²) in [6, 6.07) is 2.03. The predicted molar refractivity (Wildman–Crippen MR) is 85.8 cm³/mol. The molecule has 0 saturated heterocycles. The average Bonchev–Trinajstić information content (AvgIpc) is 3.07. The van der Waals surface area contributed by atoms with E-state index in [1.54, 1.807) is 7.05 Å². The summed E-state index contributed by atoms with van der Waals surface area (Å²) < 4.78 is 7.94. The highest BCUT2D eigenvalue weighted by molar-refractivity contribution is 5.71. The number of aryl methyl sites for hydroxylation is 1. The fraction of sp³-hybridized carbons (Fsp3) is 0.429. The lowest BCUT2D eigenvalue weighted by Crippen LogP contribution is -2.00. The number of imidazole rings is 1. The van der Waals surface area contributed by atoms with Crippen LogP contribution in [0.2, 0.25) is 0 Å². The zero-order valence-electron chi connectivity index (χ0n) is 13.6. The van der Waals surface area contributed by atoms with Gasteiger partial charge in [0.1, 0.15) is 17.8 Å². The van der Waals surface area contributed by atoms with Gasteiger partial charge in [-0.25, -0.2) is 14.2 Å². The van der Waals surface area contributed by atoms with Gasteiger partial charge in [0.25, 0.3) is 5.82 Å². The Balaban J connectivity index is 2.38. The number of unbranched alkanes of at least 4 members (excludes halogenated alkanes) is 1. The number of nitriles is 1. The van der Waals surface area contributed by atoms with Gasteiger partial charge in [-0.2, -0.15) is 15.4 Å². The van der Waals surface area contributed by atoms with Crippen LogP contribution in [0.25, 0.3) is 11.5 Å². The molecule has 2 aromatic heterocycles. The molecule has 0 N–H and O–H groups in total. The van der Waals surface area contributed by atoms with Crippen molar-refractivity contribution in [2.75, 3.05) is 6.61 Å². The average molecular weight is 331 g/mol. The summed E-state index contributed by atoms with van der Waals surface area (Å²) in [5, 5.41) is 24.6. The molecular formula is C14H17N7O3. The number of ether oxygens (including phenoxy) is 1. The van der Waals surface area contributed by atoms with Gasteiger partial charge in [0.15, 0.2) is 17.9 Å². The van der Waals surface area contributed by atoms with Gasteiger partial charge in [-0.1, -0.05) is 13.3 Å². The molecule has 0 saturated carbocycles. The van der Waals surface area contributed by atoms with Crippen LogP contribution in [0.15, 0.2) is 11.2 Å². The van der Waals surface area contributed by atoms with Crippen LogP contribution in [0.4, 0.5) is 11.6 Å². The van der Waals surface area contributed by atoms with Crippen molar-refractivity contribution in [2.24, 2.45) is 19.1 Å². The number of rotatable bonds is 7. The lowest BCUT2D eigenvalue weighted by Gasteiger charge is -1.98. The maximum atomic E-state index is 10.9. The normalized spacial score (nSPS) is 10.9. The third kappa shape index (κ3) is 3.24. The van der Waals surface area contributed by atoms with E-state index in [-0.39, 0.29) is 22.9 Å². The summed E-state index contributed by atoms with van der Waals surface area (Å²) in [6.45, 7) is 2.59. The molecule has 0 unspecified atom stereocenters. The van der Waals surface area contributed by atoms with Crippen LogP contribution in [0.1, 0.15) is 25.3 Å². The number of aromatic nitrogens is 4. The molecule has 0 spiro atoms. The molecule has 0 aliphatic heterocycles. The topological polar surface area (TPSA) is 124 Å². The smallest absolute Gasteiger partial charge is 0.342 e. The van der Waals surface area contributed by atoms with Gasteiger partial charge in [-0.3, -0.25) is 0 Å². The van der Waals surface area contributed by atoms with E-state index in [1.165, 1.54) is 22.7 Å². The van der Waals surface area contributed by atoms with Crippen molar-refractivity contribution in [3.05, 3.63) is 21.9 Å². The summed E-state index contributed by atoms with van der Waals surface area (Å²) in [5.41, 5.74) is 0.410. The minimum Gasteiger partial charge on any atom is -0.483 e. The molecular weight excluding hydrogens is 314 g/mol. The van der Waals surface area contributed by atoms with Gasteiger partial charge < -0.3 is 14.9 Å². The summed E-state index contributed by atoms with van der Waals surface area (Å²) >= 11 is 0. The van der Waals surface area contributed by atoms with E-state index >= 15 is 0 Å². The van der Waals surface area contributed by atoms with E-state index in [2.05, 4.69) is 15.1 Å². The standard InChI is InChI=1S/C14H17N7O3/c1-4-5-6-24-9-17-13-10(7-15)12(18-20(13)3)14-16-8-11(19(14)2)21(22)23/h8-9H,4-6H2,1-3H3/b17-9-. The maximum absolute atomic E-state index is 10.9. The largest absolute Gasteiger partial charge is 0.483 e. The van der Waals surface area contributed by atoms with E-state index in [1.807, 2.05) is 13.0 Å². The predicted octanol–water partition coefficient (Wildman–Crippen LogP) is 2.08. The Morgan fingerprint density at radius 1 is 1.54 bits per heavy atom. The molecule has 126 valence electrons. The first-order valence-electron chi connectivity index (χ1n) is 7.28. The van der Waals surface area contributed by atoms with Crippen LogP contribution in [-0.2, 0) is 18.8 Å². The van der Waals surface area contributed by atoms with Crippen LogP contribution in [0.5, 0.6) is 0 Å². The fourth-order valence-electron chi connectivity index (χ4n) is 2.08. The van der Waals surface area contributed by atoms with Crippen LogP contribution < -0.4 is 0 Å². The second-order valence-electron chi connectivity index (χ2n) is 5.00. The van der Waals surface area contributed by atoms with Crippen molar-refractivity contribution in [1.29, 1.82) is 5.26 Å². The van der Waals surface area contributed by atoms with Crippen LogP contribution in [0, 0.1) is 21.4 Å². The van der Waals surface area contributed by atoms with Crippen LogP contribution >= 0.6 is 0 Å². The van der Waals surface area contributed by atoms with Crippen molar-refractivity contribution < 1.29 is 9.66 Å². The van der Waals surface area contributed by atoms with Crippen molar-refractivity contribution in [3.63, 3.8) is 0 Å². The van der Waals surface area contributed by atoms with Gasteiger partial charge in [-0.15, -0.1) is 0 Å². The molecule has 2 rings (SSSR count). The SMILES string of the molecule is CCCCO/C=N\c1c(C#N)c(-c2ncc([N+](=O)[O-])n2C)nn1C. The molecule has 0 radical (unpaired) electrons. The molecule has 10 nitrogen and oxygen atoms in total. The molecule has 0 aromatic carbocycles. The Kier molecular flexibility index (Phi) is 5.26. The maximum Gasteiger partial charge on any atom is 0.342 e. The minimum atomic E-state index is -0.549. The van der Waals surface area contributed by atoms with Crippen molar-refractivity contribution in [3.8, 4) is 17.6 Å². The lowest BCUT2D eigenvalue weighted by molar-refractivity contribution is -0.391. The second-order valence-corrected chi connectivity index (χ2v) is 5.00. The molecule has 24 heavy (non-hydrogen) atoms. The Hall–Kier alpha value is -3.22. The summed E-state index contributed by atoms with van der Waals surface area (Å²) in [6.07, 6.45) is 4.32. The monoisotopic (exact) mass is 331 g/mol. The fourth-order valence-corrected chi connectivity index (χ4v) is 2.08. The van der Waals surface area contributed by atoms with E-state index < -0.39 is 4.92 Å². The molecule has 10 heteroatoms. The van der Waals surface area contributed by atoms with Gasteiger partial charge >= 0.3 is 5.82 Å². The summed E-state index contributed by atoms with van der Waals surface area (Å²) in [5.74, 6) is 0.337. The lowest BCUT2D eigenvalue weighted by atomic mass is 10.2. The van der Waals surface area contributed by atoms with Gasteiger partial charge in [-0.05, 0) is 11.3 Å². The third-order valence-corrected chi connectivity index (χ3v) is 3.36. The zero-order chi connectivity index (χ0) is 17.7. The molecule has 0 fully saturated rings. The molecule has 0 atom stereocenters. The minimum absolute atomic E-state index is 0.177. The number of nitrogens with zero attached hydrogens (tertiary/aromatic N) is 7. The van der Waals surface area contributed by atoms with Gasteiger partial charge in [0, 0.05) is 7.05 Å². The quantitative estimate of drug-likeness (QED) is 0.251. The zero-order valence-corrected chi connectivity index (χ0v) is 13.6. The van der Waals surface area contributed by atoms with Crippen molar-refractivity contribution >= 4 is 18.0 Å². The number of hydrogen-bond donors (Lipinski definition) is 0. The van der Waals surface area contributed by atoms with Gasteiger partial charge in [0.05, 0.1) is 13.7 Å².